The first-order chi connectivity index (χ1) is 15.3. The van der Waals surface area contributed by atoms with Gasteiger partial charge in [0.2, 0.25) is 15.9 Å². The lowest BCUT2D eigenvalue weighted by atomic mass is 9.96. The van der Waals surface area contributed by atoms with Crippen LogP contribution in [0.1, 0.15) is 71.3 Å². The molecule has 4 rings (SSSR count). The molecule has 1 saturated carbocycles. The SMILES string of the molecule is CC(C)n1c(=O)sc2cc(S(=O)(=O)N3CCC(C(=O)NC4CCCCCC4)CC3)ccc21. The van der Waals surface area contributed by atoms with Crippen LogP contribution in [0.25, 0.3) is 10.2 Å². The first-order valence-electron chi connectivity index (χ1n) is 11.7. The lowest BCUT2D eigenvalue weighted by Crippen LogP contribution is -2.45. The quantitative estimate of drug-likeness (QED) is 0.659. The summed E-state index contributed by atoms with van der Waals surface area (Å²) in [6.45, 7) is 4.56. The van der Waals surface area contributed by atoms with Crippen molar-refractivity contribution in [2.45, 2.75) is 82.2 Å². The van der Waals surface area contributed by atoms with Crippen molar-refractivity contribution in [2.75, 3.05) is 13.1 Å². The maximum absolute atomic E-state index is 13.2. The van der Waals surface area contributed by atoms with Gasteiger partial charge in [-0.1, -0.05) is 37.0 Å². The van der Waals surface area contributed by atoms with Crippen LogP contribution in [0.3, 0.4) is 0 Å². The van der Waals surface area contributed by atoms with E-state index >= 15 is 0 Å². The predicted octanol–water partition coefficient (Wildman–Crippen LogP) is 3.88. The number of thiazole rings is 1. The first kappa shape index (κ1) is 23.4. The number of aromatic nitrogens is 1. The number of fused-ring (bicyclic) bond motifs is 1. The third-order valence-corrected chi connectivity index (χ3v) is 9.58. The Morgan fingerprint density at radius 2 is 1.72 bits per heavy atom. The van der Waals surface area contributed by atoms with Gasteiger partial charge in [0.15, 0.2) is 0 Å². The second kappa shape index (κ2) is 9.65. The Kier molecular flexibility index (Phi) is 7.07. The van der Waals surface area contributed by atoms with Crippen molar-refractivity contribution in [1.29, 1.82) is 0 Å². The Morgan fingerprint density at radius 3 is 2.34 bits per heavy atom. The molecule has 1 saturated heterocycles. The number of hydrogen-bond donors (Lipinski definition) is 1. The molecule has 0 spiro atoms. The van der Waals surface area contributed by atoms with Gasteiger partial charge in [-0.15, -0.1) is 0 Å². The second-order valence-electron chi connectivity index (χ2n) is 9.34. The van der Waals surface area contributed by atoms with Crippen LogP contribution in [-0.4, -0.2) is 42.3 Å². The fourth-order valence-electron chi connectivity index (χ4n) is 4.92. The molecule has 2 heterocycles. The van der Waals surface area contributed by atoms with E-state index in [4.69, 9.17) is 0 Å². The number of piperidine rings is 1. The summed E-state index contributed by atoms with van der Waals surface area (Å²) in [6, 6.07) is 5.21. The van der Waals surface area contributed by atoms with Crippen LogP contribution in [0.2, 0.25) is 0 Å². The van der Waals surface area contributed by atoms with Crippen LogP contribution in [0.5, 0.6) is 0 Å². The monoisotopic (exact) mass is 479 g/mol. The van der Waals surface area contributed by atoms with E-state index in [1.54, 1.807) is 22.8 Å². The van der Waals surface area contributed by atoms with E-state index in [2.05, 4.69) is 5.32 Å². The third kappa shape index (κ3) is 4.79. The summed E-state index contributed by atoms with van der Waals surface area (Å²) in [5.41, 5.74) is 0.767. The summed E-state index contributed by atoms with van der Waals surface area (Å²) in [5, 5.41) is 3.21. The lowest BCUT2D eigenvalue weighted by Gasteiger charge is -2.31. The minimum atomic E-state index is -3.66. The molecule has 1 amide bonds. The smallest absolute Gasteiger partial charge is 0.308 e. The van der Waals surface area contributed by atoms with Gasteiger partial charge in [-0.25, -0.2) is 8.42 Å². The van der Waals surface area contributed by atoms with Gasteiger partial charge < -0.3 is 5.32 Å². The van der Waals surface area contributed by atoms with Gasteiger partial charge in [-0.2, -0.15) is 4.31 Å². The van der Waals surface area contributed by atoms with Crippen molar-refractivity contribution in [3.05, 3.63) is 27.9 Å². The molecule has 1 N–H and O–H groups in total. The van der Waals surface area contributed by atoms with E-state index in [1.807, 2.05) is 13.8 Å². The van der Waals surface area contributed by atoms with Crippen molar-refractivity contribution in [3.8, 4) is 0 Å². The maximum atomic E-state index is 13.2. The Bertz CT molecular complexity index is 1120. The standard InChI is InChI=1S/C23H33N3O4S2/c1-16(2)26-20-10-9-19(15-21(20)31-23(26)28)32(29,30)25-13-11-17(12-14-25)22(27)24-18-7-5-3-4-6-8-18/h9-10,15-18H,3-8,11-14H2,1-2H3,(H,24,27). The molecular weight excluding hydrogens is 446 g/mol. The van der Waals surface area contributed by atoms with Crippen LogP contribution in [-0.2, 0) is 14.8 Å². The summed E-state index contributed by atoms with van der Waals surface area (Å²) in [5.74, 6) is -0.0485. The number of hydrogen-bond acceptors (Lipinski definition) is 5. The van der Waals surface area contributed by atoms with Crippen molar-refractivity contribution in [1.82, 2.24) is 14.2 Å². The van der Waals surface area contributed by atoms with E-state index < -0.39 is 10.0 Å². The first-order valence-corrected chi connectivity index (χ1v) is 14.0. The molecule has 1 aromatic heterocycles. The molecule has 1 aliphatic carbocycles. The number of carbonyl (C=O) groups is 1. The van der Waals surface area contributed by atoms with Crippen molar-refractivity contribution < 1.29 is 13.2 Å². The fraction of sp³-hybridized carbons (Fsp3) is 0.652. The molecule has 0 unspecified atom stereocenters. The zero-order valence-corrected chi connectivity index (χ0v) is 20.5. The van der Waals surface area contributed by atoms with Crippen LogP contribution in [0.4, 0.5) is 0 Å². The predicted molar refractivity (Wildman–Crippen MR) is 128 cm³/mol. The van der Waals surface area contributed by atoms with Crippen molar-refractivity contribution in [2.24, 2.45) is 5.92 Å². The highest BCUT2D eigenvalue weighted by atomic mass is 32.2. The summed E-state index contributed by atoms with van der Waals surface area (Å²) in [4.78, 5) is 25.2. The molecule has 1 aromatic carbocycles. The van der Waals surface area contributed by atoms with Gasteiger partial charge in [0.05, 0.1) is 15.1 Å². The molecule has 2 fully saturated rings. The summed E-state index contributed by atoms with van der Waals surface area (Å²) in [7, 11) is -3.66. The van der Waals surface area contributed by atoms with Gasteiger partial charge in [-0.05, 0) is 57.7 Å². The Hall–Kier alpha value is -1.71. The highest BCUT2D eigenvalue weighted by Crippen LogP contribution is 2.28. The molecule has 0 radical (unpaired) electrons. The van der Waals surface area contributed by atoms with Crippen LogP contribution in [0, 0.1) is 5.92 Å². The van der Waals surface area contributed by atoms with Crippen LogP contribution < -0.4 is 10.2 Å². The highest BCUT2D eigenvalue weighted by molar-refractivity contribution is 7.89. The fourth-order valence-corrected chi connectivity index (χ4v) is 7.54. The Labute approximate surface area is 193 Å². The third-order valence-electron chi connectivity index (χ3n) is 6.77. The van der Waals surface area contributed by atoms with Gasteiger partial charge in [-0.3, -0.25) is 14.2 Å². The number of benzene rings is 1. The molecule has 32 heavy (non-hydrogen) atoms. The normalized spacial score (nSPS) is 20.0. The number of sulfonamides is 1. The van der Waals surface area contributed by atoms with Gasteiger partial charge in [0.1, 0.15) is 0 Å². The molecule has 7 nitrogen and oxygen atoms in total. The largest absolute Gasteiger partial charge is 0.353 e. The summed E-state index contributed by atoms with van der Waals surface area (Å²) in [6.07, 6.45) is 8.00. The molecule has 2 aliphatic rings. The van der Waals surface area contributed by atoms with Crippen molar-refractivity contribution >= 4 is 37.5 Å². The van der Waals surface area contributed by atoms with Gasteiger partial charge >= 0.3 is 4.87 Å². The molecule has 9 heteroatoms. The molecule has 1 aliphatic heterocycles. The molecular formula is C23H33N3O4S2. The highest BCUT2D eigenvalue weighted by Gasteiger charge is 2.33. The minimum absolute atomic E-state index is 0.0156. The number of nitrogens with one attached hydrogen (secondary N) is 1. The van der Waals surface area contributed by atoms with Crippen LogP contribution >= 0.6 is 11.3 Å². The number of amides is 1. The number of rotatable bonds is 5. The van der Waals surface area contributed by atoms with E-state index in [9.17, 15) is 18.0 Å². The topological polar surface area (TPSA) is 88.5 Å². The van der Waals surface area contributed by atoms with Gasteiger partial charge in [0, 0.05) is 31.1 Å². The van der Waals surface area contributed by atoms with Crippen molar-refractivity contribution in [3.63, 3.8) is 0 Å². The zero-order chi connectivity index (χ0) is 22.9. The summed E-state index contributed by atoms with van der Waals surface area (Å²) < 4.78 is 30.3. The average Bonchev–Trinajstić information content (AvgIpc) is 2.91. The summed E-state index contributed by atoms with van der Waals surface area (Å²) >= 11 is 1.08. The van der Waals surface area contributed by atoms with E-state index in [0.29, 0.717) is 30.6 Å². The second-order valence-corrected chi connectivity index (χ2v) is 12.3. The number of nitrogens with zero attached hydrogens (tertiary/aromatic N) is 2. The lowest BCUT2D eigenvalue weighted by molar-refractivity contribution is -0.126. The maximum Gasteiger partial charge on any atom is 0.308 e. The average molecular weight is 480 g/mol. The molecule has 2 aromatic rings. The van der Waals surface area contributed by atoms with E-state index in [1.165, 1.54) is 30.0 Å². The Balaban J connectivity index is 1.42. The van der Waals surface area contributed by atoms with E-state index in [0.717, 1.165) is 29.7 Å². The Morgan fingerprint density at radius 1 is 1.06 bits per heavy atom. The van der Waals surface area contributed by atoms with Gasteiger partial charge in [0.25, 0.3) is 0 Å². The molecule has 0 atom stereocenters. The zero-order valence-electron chi connectivity index (χ0n) is 18.9. The molecule has 0 bridgehead atoms. The molecule has 176 valence electrons. The van der Waals surface area contributed by atoms with Crippen LogP contribution in [0.15, 0.2) is 27.9 Å². The minimum Gasteiger partial charge on any atom is -0.353 e. The number of carbonyl (C=O) groups excluding carboxylic acids is 1. The van der Waals surface area contributed by atoms with E-state index in [-0.39, 0.29) is 33.7 Å².